The number of halogens is 1. The molecule has 0 heterocycles. The molecule has 6 nitrogen and oxygen atoms in total. The molecule has 2 N–H and O–H groups in total. The van der Waals surface area contributed by atoms with Gasteiger partial charge < -0.3 is 9.84 Å². The van der Waals surface area contributed by atoms with E-state index in [0.717, 1.165) is 17.5 Å². The van der Waals surface area contributed by atoms with Crippen molar-refractivity contribution in [3.05, 3.63) is 123 Å². The number of carbonyl (C=O) groups is 3. The summed E-state index contributed by atoms with van der Waals surface area (Å²) in [6, 6.07) is 25.1. The summed E-state index contributed by atoms with van der Waals surface area (Å²) in [5.41, 5.74) is 5.64. The largest absolute Gasteiger partial charge is 0.478 e. The standard InChI is InChI=1S/C29H20ClNO5/c30-24-14-21(27(32)18-6-2-1-3-7-18)15-25(26(24)28(33)34)31-29(35)36-16-17-10-11-20-13-19-8-4-5-9-22(19)23(20)12-17/h1-12,14-15H,13,16H2,(H,31,35)(H,33,34). The number of carbonyl (C=O) groups excluding carboxylic acids is 2. The van der Waals surface area contributed by atoms with Gasteiger partial charge in [0.1, 0.15) is 12.2 Å². The monoisotopic (exact) mass is 497 g/mol. The van der Waals surface area contributed by atoms with Crippen molar-refractivity contribution in [1.82, 2.24) is 0 Å². The highest BCUT2D eigenvalue weighted by Crippen LogP contribution is 2.37. The van der Waals surface area contributed by atoms with Gasteiger partial charge in [-0.1, -0.05) is 78.3 Å². The van der Waals surface area contributed by atoms with E-state index in [1.165, 1.54) is 28.8 Å². The van der Waals surface area contributed by atoms with Crippen molar-refractivity contribution in [3.8, 4) is 11.1 Å². The van der Waals surface area contributed by atoms with E-state index in [4.69, 9.17) is 16.3 Å². The minimum absolute atomic E-state index is 0.0138. The fourth-order valence-corrected chi connectivity index (χ4v) is 4.67. The summed E-state index contributed by atoms with van der Waals surface area (Å²) in [5, 5.41) is 11.9. The zero-order valence-electron chi connectivity index (χ0n) is 19.0. The van der Waals surface area contributed by atoms with Crippen molar-refractivity contribution in [1.29, 1.82) is 0 Å². The molecule has 0 saturated carbocycles. The third kappa shape index (κ3) is 4.59. The number of amides is 1. The fourth-order valence-electron chi connectivity index (χ4n) is 4.37. The number of ketones is 1. The molecule has 1 amide bonds. The molecule has 0 atom stereocenters. The second-order valence-electron chi connectivity index (χ2n) is 8.41. The molecule has 1 aliphatic carbocycles. The third-order valence-electron chi connectivity index (χ3n) is 6.07. The molecule has 5 rings (SSSR count). The van der Waals surface area contributed by atoms with Crippen LogP contribution in [0.4, 0.5) is 10.5 Å². The molecule has 0 aliphatic heterocycles. The fraction of sp³-hybridized carbons (Fsp3) is 0.0690. The Morgan fingerprint density at radius 2 is 1.56 bits per heavy atom. The smallest absolute Gasteiger partial charge is 0.411 e. The van der Waals surface area contributed by atoms with Crippen molar-refractivity contribution < 1.29 is 24.2 Å². The Balaban J connectivity index is 1.34. The van der Waals surface area contributed by atoms with Crippen LogP contribution in [-0.2, 0) is 17.8 Å². The summed E-state index contributed by atoms with van der Waals surface area (Å²) in [7, 11) is 0. The number of hydrogen-bond donors (Lipinski definition) is 2. The Morgan fingerprint density at radius 1 is 0.833 bits per heavy atom. The van der Waals surface area contributed by atoms with Crippen LogP contribution < -0.4 is 5.32 Å². The SMILES string of the molecule is O=C(Nc1cc(C(=O)c2ccccc2)cc(Cl)c1C(=O)O)OCc1ccc2c(c1)-c1ccccc1C2. The second kappa shape index (κ2) is 9.68. The van der Waals surface area contributed by atoms with Crippen LogP contribution in [0.2, 0.25) is 5.02 Å². The molecule has 0 unspecified atom stereocenters. The molecular formula is C29H20ClNO5. The number of fused-ring (bicyclic) bond motifs is 3. The number of hydrogen-bond acceptors (Lipinski definition) is 4. The highest BCUT2D eigenvalue weighted by atomic mass is 35.5. The van der Waals surface area contributed by atoms with E-state index < -0.39 is 12.1 Å². The summed E-state index contributed by atoms with van der Waals surface area (Å²) in [6.07, 6.45) is 0.00273. The van der Waals surface area contributed by atoms with E-state index in [2.05, 4.69) is 17.4 Å². The van der Waals surface area contributed by atoms with Gasteiger partial charge in [0, 0.05) is 11.1 Å². The molecule has 0 bridgehead atoms. The molecular weight excluding hydrogens is 478 g/mol. The quantitative estimate of drug-likeness (QED) is 0.258. The number of anilines is 1. The van der Waals surface area contributed by atoms with Crippen molar-refractivity contribution in [2.75, 3.05) is 5.32 Å². The molecule has 36 heavy (non-hydrogen) atoms. The minimum Gasteiger partial charge on any atom is -0.478 e. The maximum absolute atomic E-state index is 12.9. The van der Waals surface area contributed by atoms with Crippen LogP contribution in [0.3, 0.4) is 0 Å². The summed E-state index contributed by atoms with van der Waals surface area (Å²) in [6.45, 7) is -0.0138. The number of benzene rings is 4. The maximum atomic E-state index is 12.9. The average Bonchev–Trinajstić information content (AvgIpc) is 3.25. The topological polar surface area (TPSA) is 92.7 Å². The van der Waals surface area contributed by atoms with E-state index in [1.54, 1.807) is 30.3 Å². The van der Waals surface area contributed by atoms with E-state index in [0.29, 0.717) is 5.56 Å². The van der Waals surface area contributed by atoms with Crippen LogP contribution in [0, 0.1) is 0 Å². The van der Waals surface area contributed by atoms with Crippen LogP contribution >= 0.6 is 11.6 Å². The summed E-state index contributed by atoms with van der Waals surface area (Å²) >= 11 is 6.19. The van der Waals surface area contributed by atoms with Gasteiger partial charge in [0.05, 0.1) is 10.7 Å². The molecule has 0 spiro atoms. The first-order chi connectivity index (χ1) is 17.4. The van der Waals surface area contributed by atoms with Crippen molar-refractivity contribution in [2.24, 2.45) is 0 Å². The highest BCUT2D eigenvalue weighted by Gasteiger charge is 2.22. The summed E-state index contributed by atoms with van der Waals surface area (Å²) < 4.78 is 5.37. The van der Waals surface area contributed by atoms with Gasteiger partial charge in [0.25, 0.3) is 0 Å². The van der Waals surface area contributed by atoms with Crippen LogP contribution in [0.25, 0.3) is 11.1 Å². The van der Waals surface area contributed by atoms with E-state index in [-0.39, 0.29) is 34.2 Å². The van der Waals surface area contributed by atoms with E-state index in [1.807, 2.05) is 30.3 Å². The molecule has 0 aromatic heterocycles. The van der Waals surface area contributed by atoms with Gasteiger partial charge in [-0.25, -0.2) is 9.59 Å². The first-order valence-corrected chi connectivity index (χ1v) is 11.6. The molecule has 0 fully saturated rings. The first kappa shape index (κ1) is 23.3. The Bertz CT molecular complexity index is 1510. The number of nitrogens with one attached hydrogen (secondary N) is 1. The predicted octanol–water partition coefficient (Wildman–Crippen LogP) is 6.59. The van der Waals surface area contributed by atoms with Crippen LogP contribution in [0.15, 0.2) is 84.9 Å². The minimum atomic E-state index is -1.34. The number of aromatic carboxylic acids is 1. The Labute approximate surface area is 212 Å². The van der Waals surface area contributed by atoms with Crippen LogP contribution in [0.5, 0.6) is 0 Å². The Kier molecular flexibility index (Phi) is 6.27. The van der Waals surface area contributed by atoms with Gasteiger partial charge in [0.2, 0.25) is 0 Å². The zero-order chi connectivity index (χ0) is 25.2. The number of rotatable bonds is 6. The lowest BCUT2D eigenvalue weighted by Crippen LogP contribution is -2.17. The van der Waals surface area contributed by atoms with Crippen LogP contribution in [0.1, 0.15) is 43.0 Å². The lowest BCUT2D eigenvalue weighted by atomic mass is 10.0. The lowest BCUT2D eigenvalue weighted by Gasteiger charge is -2.13. The Hall–Kier alpha value is -4.42. The van der Waals surface area contributed by atoms with Crippen LogP contribution in [-0.4, -0.2) is 23.0 Å². The number of ether oxygens (including phenoxy) is 1. The molecule has 0 radical (unpaired) electrons. The van der Waals surface area contributed by atoms with Gasteiger partial charge in [0.15, 0.2) is 5.78 Å². The van der Waals surface area contributed by atoms with Gasteiger partial charge in [-0.2, -0.15) is 0 Å². The molecule has 4 aromatic carbocycles. The average molecular weight is 498 g/mol. The van der Waals surface area contributed by atoms with Gasteiger partial charge in [-0.3, -0.25) is 10.1 Å². The number of carboxylic acid groups (broad SMARTS) is 1. The van der Waals surface area contributed by atoms with Gasteiger partial charge in [-0.15, -0.1) is 0 Å². The molecule has 178 valence electrons. The zero-order valence-corrected chi connectivity index (χ0v) is 19.7. The predicted molar refractivity (Wildman–Crippen MR) is 137 cm³/mol. The highest BCUT2D eigenvalue weighted by molar-refractivity contribution is 6.35. The summed E-state index contributed by atoms with van der Waals surface area (Å²) in [4.78, 5) is 37.3. The third-order valence-corrected chi connectivity index (χ3v) is 6.37. The maximum Gasteiger partial charge on any atom is 0.411 e. The first-order valence-electron chi connectivity index (χ1n) is 11.2. The van der Waals surface area contributed by atoms with Crippen molar-refractivity contribution in [2.45, 2.75) is 13.0 Å². The molecule has 0 saturated heterocycles. The van der Waals surface area contributed by atoms with Crippen molar-refractivity contribution in [3.63, 3.8) is 0 Å². The lowest BCUT2D eigenvalue weighted by molar-refractivity contribution is 0.0697. The number of carboxylic acids is 1. The summed E-state index contributed by atoms with van der Waals surface area (Å²) in [5.74, 6) is -1.70. The normalized spacial score (nSPS) is 11.4. The second-order valence-corrected chi connectivity index (χ2v) is 8.81. The molecule has 7 heteroatoms. The van der Waals surface area contributed by atoms with Gasteiger partial charge >= 0.3 is 12.1 Å². The van der Waals surface area contributed by atoms with E-state index >= 15 is 0 Å². The molecule has 1 aliphatic rings. The van der Waals surface area contributed by atoms with Gasteiger partial charge in [-0.05, 0) is 52.4 Å². The molecule has 4 aromatic rings. The van der Waals surface area contributed by atoms with E-state index in [9.17, 15) is 19.5 Å². The van der Waals surface area contributed by atoms with Crippen molar-refractivity contribution >= 4 is 35.1 Å². The Morgan fingerprint density at radius 3 is 2.33 bits per heavy atom.